The monoisotopic (exact) mass is 387 g/mol. The second-order valence-corrected chi connectivity index (χ2v) is 7.72. The quantitative estimate of drug-likeness (QED) is 0.595. The minimum atomic E-state index is -0.241. The molecule has 1 aromatic carbocycles. The molecule has 7 heteroatoms. The van der Waals surface area contributed by atoms with E-state index >= 15 is 0 Å². The molecule has 2 heterocycles. The summed E-state index contributed by atoms with van der Waals surface area (Å²) in [7, 11) is 3.82. The smallest absolute Gasteiger partial charge is 0.247 e. The summed E-state index contributed by atoms with van der Waals surface area (Å²) >= 11 is 0. The van der Waals surface area contributed by atoms with Crippen LogP contribution in [0.4, 0.5) is 17.1 Å². The van der Waals surface area contributed by atoms with Gasteiger partial charge >= 0.3 is 0 Å². The molecular formula is C21H33N5O2. The molecule has 0 spiro atoms. The summed E-state index contributed by atoms with van der Waals surface area (Å²) in [4.78, 5) is 19.3. The standard InChI is InChI=1S/C21H33N5O2/c1-4-21(27)23-18-14-17(22)20(28-3)15-19(18)26-10-6-16(7-11-26)25-9-5-8-24(2)12-13-25/h4,14-16H,1,5-13,22H2,2-3H3,(H,23,27). The van der Waals surface area contributed by atoms with Gasteiger partial charge in [-0.25, -0.2) is 0 Å². The van der Waals surface area contributed by atoms with Gasteiger partial charge in [-0.15, -0.1) is 0 Å². The first-order valence-electron chi connectivity index (χ1n) is 10.1. The van der Waals surface area contributed by atoms with E-state index in [4.69, 9.17) is 10.5 Å². The number of hydrogen-bond donors (Lipinski definition) is 2. The maximum atomic E-state index is 11.9. The minimum Gasteiger partial charge on any atom is -0.495 e. The zero-order chi connectivity index (χ0) is 20.1. The first-order valence-corrected chi connectivity index (χ1v) is 10.1. The van der Waals surface area contributed by atoms with Crippen LogP contribution in [0, 0.1) is 0 Å². The van der Waals surface area contributed by atoms with Gasteiger partial charge in [0.15, 0.2) is 0 Å². The summed E-state index contributed by atoms with van der Waals surface area (Å²) in [6.45, 7) is 10.1. The van der Waals surface area contributed by atoms with E-state index in [2.05, 4.69) is 33.6 Å². The molecule has 0 aliphatic carbocycles. The number of ether oxygens (including phenoxy) is 1. The largest absolute Gasteiger partial charge is 0.495 e. The number of rotatable bonds is 5. The summed E-state index contributed by atoms with van der Waals surface area (Å²) in [5, 5.41) is 2.89. The Labute approximate surface area is 168 Å². The average molecular weight is 388 g/mol. The number of nitrogens with one attached hydrogen (secondary N) is 1. The highest BCUT2D eigenvalue weighted by atomic mass is 16.5. The lowest BCUT2D eigenvalue weighted by molar-refractivity contribution is -0.111. The Bertz CT molecular complexity index is 700. The second kappa shape index (κ2) is 9.30. The molecule has 1 amide bonds. The van der Waals surface area contributed by atoms with E-state index in [0.29, 0.717) is 23.2 Å². The lowest BCUT2D eigenvalue weighted by Gasteiger charge is -2.39. The summed E-state index contributed by atoms with van der Waals surface area (Å²) in [5.74, 6) is 0.388. The van der Waals surface area contributed by atoms with Gasteiger partial charge in [0.05, 0.1) is 24.2 Å². The van der Waals surface area contributed by atoms with Crippen LogP contribution in [-0.4, -0.2) is 75.2 Å². The minimum absolute atomic E-state index is 0.241. The predicted octanol–water partition coefficient (Wildman–Crippen LogP) is 2.01. The van der Waals surface area contributed by atoms with Gasteiger partial charge in [0.25, 0.3) is 0 Å². The Morgan fingerprint density at radius 3 is 2.64 bits per heavy atom. The summed E-state index contributed by atoms with van der Waals surface area (Å²) in [6, 6.07) is 4.33. The third kappa shape index (κ3) is 4.77. The number of benzene rings is 1. The van der Waals surface area contributed by atoms with Crippen LogP contribution in [0.5, 0.6) is 5.75 Å². The van der Waals surface area contributed by atoms with Gasteiger partial charge in [-0.05, 0) is 51.5 Å². The molecule has 7 nitrogen and oxygen atoms in total. The van der Waals surface area contributed by atoms with E-state index in [1.807, 2.05) is 6.07 Å². The highest BCUT2D eigenvalue weighted by Gasteiger charge is 2.27. The Morgan fingerprint density at radius 2 is 1.96 bits per heavy atom. The van der Waals surface area contributed by atoms with Crippen molar-refractivity contribution in [2.75, 3.05) is 69.4 Å². The highest BCUT2D eigenvalue weighted by molar-refractivity contribution is 6.02. The molecule has 2 saturated heterocycles. The fourth-order valence-electron chi connectivity index (χ4n) is 4.21. The van der Waals surface area contributed by atoms with Crippen LogP contribution in [-0.2, 0) is 4.79 Å². The normalized spacial score (nSPS) is 19.9. The number of carbonyl (C=O) groups excluding carboxylic acids is 1. The van der Waals surface area contributed by atoms with Gasteiger partial charge in [-0.2, -0.15) is 0 Å². The molecule has 2 aliphatic rings. The number of nitrogen functional groups attached to an aromatic ring is 1. The number of nitrogens with zero attached hydrogens (tertiary/aromatic N) is 3. The lowest BCUT2D eigenvalue weighted by Crippen LogP contribution is -2.46. The van der Waals surface area contributed by atoms with Gasteiger partial charge < -0.3 is 25.6 Å². The van der Waals surface area contributed by atoms with Crippen LogP contribution in [0.2, 0.25) is 0 Å². The molecule has 2 aliphatic heterocycles. The van der Waals surface area contributed by atoms with Crippen molar-refractivity contribution in [1.82, 2.24) is 9.80 Å². The van der Waals surface area contributed by atoms with Crippen LogP contribution in [0.1, 0.15) is 19.3 Å². The molecule has 2 fully saturated rings. The molecule has 0 aromatic heterocycles. The summed E-state index contributed by atoms with van der Waals surface area (Å²) in [6.07, 6.45) is 4.74. The SMILES string of the molecule is C=CC(=O)Nc1cc(N)c(OC)cc1N1CCC(N2CCCN(C)CC2)CC1. The van der Waals surface area contributed by atoms with E-state index < -0.39 is 0 Å². The molecule has 0 bridgehead atoms. The number of nitrogens with two attached hydrogens (primary N) is 1. The van der Waals surface area contributed by atoms with Gasteiger partial charge in [-0.3, -0.25) is 9.69 Å². The van der Waals surface area contributed by atoms with Crippen molar-refractivity contribution in [2.24, 2.45) is 0 Å². The van der Waals surface area contributed by atoms with Crippen molar-refractivity contribution in [3.05, 3.63) is 24.8 Å². The average Bonchev–Trinajstić information content (AvgIpc) is 2.93. The Kier molecular flexibility index (Phi) is 6.80. The predicted molar refractivity (Wildman–Crippen MR) is 115 cm³/mol. The van der Waals surface area contributed by atoms with Crippen LogP contribution in [0.3, 0.4) is 0 Å². The van der Waals surface area contributed by atoms with Gasteiger partial charge in [0, 0.05) is 38.3 Å². The maximum Gasteiger partial charge on any atom is 0.247 e. The Morgan fingerprint density at radius 1 is 1.21 bits per heavy atom. The zero-order valence-electron chi connectivity index (χ0n) is 17.1. The third-order valence-corrected chi connectivity index (χ3v) is 5.87. The van der Waals surface area contributed by atoms with Crippen molar-refractivity contribution >= 4 is 23.0 Å². The van der Waals surface area contributed by atoms with Gasteiger partial charge in [0.1, 0.15) is 5.75 Å². The lowest BCUT2D eigenvalue weighted by atomic mass is 10.0. The third-order valence-electron chi connectivity index (χ3n) is 5.87. The van der Waals surface area contributed by atoms with E-state index in [1.165, 1.54) is 25.6 Å². The Balaban J connectivity index is 1.72. The Hall–Kier alpha value is -2.25. The van der Waals surface area contributed by atoms with Gasteiger partial charge in [-0.1, -0.05) is 6.58 Å². The molecule has 3 rings (SSSR count). The molecule has 0 unspecified atom stereocenters. The molecule has 0 saturated carbocycles. The number of piperidine rings is 1. The summed E-state index contributed by atoms with van der Waals surface area (Å²) < 4.78 is 5.41. The maximum absolute atomic E-state index is 11.9. The van der Waals surface area contributed by atoms with Crippen molar-refractivity contribution in [2.45, 2.75) is 25.3 Å². The van der Waals surface area contributed by atoms with Gasteiger partial charge in [0.2, 0.25) is 5.91 Å². The van der Waals surface area contributed by atoms with E-state index in [0.717, 1.165) is 44.7 Å². The van der Waals surface area contributed by atoms with Crippen molar-refractivity contribution in [3.8, 4) is 5.75 Å². The van der Waals surface area contributed by atoms with E-state index in [9.17, 15) is 4.79 Å². The first-order chi connectivity index (χ1) is 13.5. The fourth-order valence-corrected chi connectivity index (χ4v) is 4.21. The highest BCUT2D eigenvalue weighted by Crippen LogP contribution is 2.37. The fraction of sp³-hybridized carbons (Fsp3) is 0.571. The van der Waals surface area contributed by atoms with Crippen molar-refractivity contribution in [3.63, 3.8) is 0 Å². The zero-order valence-corrected chi connectivity index (χ0v) is 17.1. The van der Waals surface area contributed by atoms with Crippen LogP contribution >= 0.6 is 0 Å². The summed E-state index contributed by atoms with van der Waals surface area (Å²) in [5.41, 5.74) is 8.23. The number of likely N-dealkylation sites (N-methyl/N-ethyl adjacent to an activating group) is 1. The molecule has 28 heavy (non-hydrogen) atoms. The molecule has 1 aromatic rings. The molecule has 0 radical (unpaired) electrons. The number of methoxy groups -OCH3 is 1. The van der Waals surface area contributed by atoms with Crippen molar-refractivity contribution in [1.29, 1.82) is 0 Å². The topological polar surface area (TPSA) is 74.1 Å². The molecular weight excluding hydrogens is 354 g/mol. The number of amides is 1. The number of anilines is 3. The molecule has 0 atom stereocenters. The van der Waals surface area contributed by atoms with E-state index in [-0.39, 0.29) is 5.91 Å². The first kappa shape index (κ1) is 20.5. The molecule has 3 N–H and O–H groups in total. The van der Waals surface area contributed by atoms with Crippen molar-refractivity contribution < 1.29 is 9.53 Å². The van der Waals surface area contributed by atoms with E-state index in [1.54, 1.807) is 13.2 Å². The van der Waals surface area contributed by atoms with Crippen LogP contribution in [0.15, 0.2) is 24.8 Å². The second-order valence-electron chi connectivity index (χ2n) is 7.72. The van der Waals surface area contributed by atoms with Crippen LogP contribution in [0.25, 0.3) is 0 Å². The number of carbonyl (C=O) groups is 1. The number of hydrogen-bond acceptors (Lipinski definition) is 6. The van der Waals surface area contributed by atoms with Crippen LogP contribution < -0.4 is 20.7 Å². The molecule has 154 valence electrons.